The van der Waals surface area contributed by atoms with Crippen LogP contribution in [0.2, 0.25) is 0 Å². The number of rotatable bonds is 7. The number of amides is 1. The molecule has 2 atom stereocenters. The van der Waals surface area contributed by atoms with Gasteiger partial charge < -0.3 is 4.90 Å². The monoisotopic (exact) mass is 266 g/mol. The molecular weight excluding hydrogens is 236 g/mol. The molecule has 2 aliphatic rings. The average Bonchev–Trinajstić information content (AvgIpc) is 3.04. The smallest absolute Gasteiger partial charge is 0.244 e. The van der Waals surface area contributed by atoms with Crippen molar-refractivity contribution in [3.05, 3.63) is 0 Å². The van der Waals surface area contributed by atoms with Crippen LogP contribution in [0.15, 0.2) is 0 Å². The molecule has 1 aliphatic heterocycles. The van der Waals surface area contributed by atoms with E-state index in [4.69, 9.17) is 0 Å². The molecule has 1 saturated carbocycles. The molecule has 2 rings (SSSR count). The van der Waals surface area contributed by atoms with Crippen LogP contribution in [0.4, 0.5) is 0 Å². The van der Waals surface area contributed by atoms with Crippen LogP contribution in [0.1, 0.15) is 72.6 Å². The Kier molecular flexibility index (Phi) is 4.54. The van der Waals surface area contributed by atoms with Crippen LogP contribution in [-0.4, -0.2) is 28.6 Å². The van der Waals surface area contributed by atoms with Crippen molar-refractivity contribution in [2.24, 2.45) is 5.92 Å². The van der Waals surface area contributed by atoms with Gasteiger partial charge in [0.2, 0.25) is 5.91 Å². The number of nitrogens with one attached hydrogen (secondary N) is 1. The fourth-order valence-corrected chi connectivity index (χ4v) is 3.27. The maximum absolute atomic E-state index is 12.6. The first-order valence-electron chi connectivity index (χ1n) is 8.10. The topological polar surface area (TPSA) is 32.3 Å². The van der Waals surface area contributed by atoms with E-state index in [2.05, 4.69) is 37.9 Å². The second kappa shape index (κ2) is 5.82. The summed E-state index contributed by atoms with van der Waals surface area (Å²) in [6, 6.07) is 0.385. The molecule has 0 radical (unpaired) electrons. The Labute approximate surface area is 118 Å². The lowest BCUT2D eigenvalue weighted by atomic mass is 10.0. The van der Waals surface area contributed by atoms with Gasteiger partial charge in [0.05, 0.1) is 11.7 Å². The van der Waals surface area contributed by atoms with Crippen molar-refractivity contribution in [3.8, 4) is 0 Å². The van der Waals surface area contributed by atoms with Crippen LogP contribution >= 0.6 is 0 Å². The van der Waals surface area contributed by atoms with Crippen LogP contribution in [-0.2, 0) is 4.79 Å². The van der Waals surface area contributed by atoms with Crippen LogP contribution < -0.4 is 5.32 Å². The molecule has 2 fully saturated rings. The lowest BCUT2D eigenvalue weighted by Gasteiger charge is -2.30. The van der Waals surface area contributed by atoms with Crippen molar-refractivity contribution >= 4 is 5.91 Å². The van der Waals surface area contributed by atoms with Gasteiger partial charge in [0.1, 0.15) is 0 Å². The Morgan fingerprint density at radius 3 is 2.53 bits per heavy atom. The molecule has 19 heavy (non-hydrogen) atoms. The molecule has 110 valence electrons. The number of carbonyl (C=O) groups is 1. The summed E-state index contributed by atoms with van der Waals surface area (Å²) in [6.07, 6.45) is 8.23. The highest BCUT2D eigenvalue weighted by Gasteiger charge is 2.59. The van der Waals surface area contributed by atoms with Crippen molar-refractivity contribution < 1.29 is 4.79 Å². The lowest BCUT2D eigenvalue weighted by Crippen LogP contribution is -2.43. The van der Waals surface area contributed by atoms with E-state index in [0.717, 1.165) is 38.0 Å². The summed E-state index contributed by atoms with van der Waals surface area (Å²) in [7, 11) is 0. The Morgan fingerprint density at radius 1 is 1.32 bits per heavy atom. The first-order valence-corrected chi connectivity index (χ1v) is 8.10. The van der Waals surface area contributed by atoms with Crippen molar-refractivity contribution in [1.29, 1.82) is 0 Å². The van der Waals surface area contributed by atoms with Crippen LogP contribution in [0.25, 0.3) is 0 Å². The molecule has 1 saturated heterocycles. The second-order valence-electron chi connectivity index (χ2n) is 6.92. The molecule has 1 amide bonds. The fraction of sp³-hybridized carbons (Fsp3) is 0.938. The van der Waals surface area contributed by atoms with E-state index in [9.17, 15) is 4.79 Å². The Balaban J connectivity index is 1.93. The highest BCUT2D eigenvalue weighted by molar-refractivity contribution is 5.92. The van der Waals surface area contributed by atoms with Gasteiger partial charge in [-0.1, -0.05) is 40.0 Å². The van der Waals surface area contributed by atoms with Crippen LogP contribution in [0, 0.1) is 5.92 Å². The van der Waals surface area contributed by atoms with E-state index in [1.807, 2.05) is 0 Å². The first kappa shape index (κ1) is 14.8. The molecule has 3 heteroatoms. The SMILES string of the molecule is CCCC1NC2(CC2)C(=O)N1C(C)CCCC(C)C. The van der Waals surface area contributed by atoms with Gasteiger partial charge in [-0.2, -0.15) is 0 Å². The maximum atomic E-state index is 12.6. The van der Waals surface area contributed by atoms with Gasteiger partial charge in [0.15, 0.2) is 0 Å². The lowest BCUT2D eigenvalue weighted by molar-refractivity contribution is -0.132. The average molecular weight is 266 g/mol. The molecule has 0 aromatic carbocycles. The zero-order chi connectivity index (χ0) is 14.0. The molecule has 1 aliphatic carbocycles. The van der Waals surface area contributed by atoms with E-state index in [-0.39, 0.29) is 11.7 Å². The van der Waals surface area contributed by atoms with Crippen LogP contribution in [0.3, 0.4) is 0 Å². The van der Waals surface area contributed by atoms with E-state index < -0.39 is 0 Å². The van der Waals surface area contributed by atoms with Gasteiger partial charge in [-0.25, -0.2) is 0 Å². The number of hydrogen-bond donors (Lipinski definition) is 1. The third-order valence-corrected chi connectivity index (χ3v) is 4.61. The quantitative estimate of drug-likeness (QED) is 0.767. The Morgan fingerprint density at radius 2 is 2.00 bits per heavy atom. The van der Waals surface area contributed by atoms with Gasteiger partial charge in [-0.3, -0.25) is 10.1 Å². The minimum Gasteiger partial charge on any atom is -0.323 e. The summed E-state index contributed by atoms with van der Waals surface area (Å²) in [5.74, 6) is 1.14. The molecule has 0 aromatic rings. The molecule has 1 spiro atoms. The van der Waals surface area contributed by atoms with Crippen molar-refractivity contribution in [3.63, 3.8) is 0 Å². The highest BCUT2D eigenvalue weighted by atomic mass is 16.2. The van der Waals surface area contributed by atoms with Gasteiger partial charge in [0, 0.05) is 6.04 Å². The van der Waals surface area contributed by atoms with Crippen LogP contribution in [0.5, 0.6) is 0 Å². The summed E-state index contributed by atoms with van der Waals surface area (Å²) >= 11 is 0. The normalized spacial score (nSPS) is 26.5. The molecular formula is C16H30N2O. The first-order chi connectivity index (χ1) is 9.00. The number of nitrogens with zero attached hydrogens (tertiary/aromatic N) is 1. The summed E-state index contributed by atoms with van der Waals surface area (Å²) < 4.78 is 0. The summed E-state index contributed by atoms with van der Waals surface area (Å²) in [5.41, 5.74) is -0.147. The van der Waals surface area contributed by atoms with Gasteiger partial charge in [-0.05, 0) is 38.5 Å². The largest absolute Gasteiger partial charge is 0.323 e. The number of carbonyl (C=O) groups excluding carboxylic acids is 1. The molecule has 2 unspecified atom stereocenters. The van der Waals surface area contributed by atoms with Gasteiger partial charge in [0.25, 0.3) is 0 Å². The summed E-state index contributed by atoms with van der Waals surface area (Å²) in [6.45, 7) is 8.97. The fourth-order valence-electron chi connectivity index (χ4n) is 3.27. The predicted molar refractivity (Wildman–Crippen MR) is 78.8 cm³/mol. The molecule has 1 heterocycles. The third kappa shape index (κ3) is 3.13. The van der Waals surface area contributed by atoms with Gasteiger partial charge in [-0.15, -0.1) is 0 Å². The van der Waals surface area contributed by atoms with E-state index in [1.54, 1.807) is 0 Å². The third-order valence-electron chi connectivity index (χ3n) is 4.61. The van der Waals surface area contributed by atoms with Crippen molar-refractivity contribution in [2.75, 3.05) is 0 Å². The highest BCUT2D eigenvalue weighted by Crippen LogP contribution is 2.43. The summed E-state index contributed by atoms with van der Waals surface area (Å²) in [5, 5.41) is 3.60. The molecule has 0 bridgehead atoms. The predicted octanol–water partition coefficient (Wildman–Crippen LogP) is 3.29. The standard InChI is InChI=1S/C16H30N2O/c1-5-7-14-17-16(10-11-16)15(19)18(14)13(4)9-6-8-12(2)3/h12-14,17H,5-11H2,1-4H3. The second-order valence-corrected chi connectivity index (χ2v) is 6.92. The van der Waals surface area contributed by atoms with Crippen molar-refractivity contribution in [1.82, 2.24) is 10.2 Å². The molecule has 1 N–H and O–H groups in total. The molecule has 0 aromatic heterocycles. The number of hydrogen-bond acceptors (Lipinski definition) is 2. The van der Waals surface area contributed by atoms with E-state index >= 15 is 0 Å². The van der Waals surface area contributed by atoms with E-state index in [0.29, 0.717) is 11.9 Å². The van der Waals surface area contributed by atoms with Crippen molar-refractivity contribution in [2.45, 2.75) is 90.4 Å². The zero-order valence-corrected chi connectivity index (χ0v) is 13.0. The van der Waals surface area contributed by atoms with E-state index in [1.165, 1.54) is 12.8 Å². The minimum atomic E-state index is -0.147. The van der Waals surface area contributed by atoms with Gasteiger partial charge >= 0.3 is 0 Å². The zero-order valence-electron chi connectivity index (χ0n) is 13.0. The maximum Gasteiger partial charge on any atom is 0.244 e. The Bertz CT molecular complexity index is 323. The molecule has 3 nitrogen and oxygen atoms in total. The minimum absolute atomic E-state index is 0.147. The Hall–Kier alpha value is -0.570. The summed E-state index contributed by atoms with van der Waals surface area (Å²) in [4.78, 5) is 14.7.